The average molecular weight is 173 g/mol. The van der Waals surface area contributed by atoms with Crippen LogP contribution >= 0.6 is 11.3 Å². The molecule has 3 N–H and O–H groups in total. The molecule has 0 aliphatic rings. The highest BCUT2D eigenvalue weighted by Crippen LogP contribution is 2.12. The first-order chi connectivity index (χ1) is 5.20. The molecular formula is C5H7N3O2S. The van der Waals surface area contributed by atoms with Crippen molar-refractivity contribution >= 4 is 22.4 Å². The van der Waals surface area contributed by atoms with Crippen LogP contribution in [-0.2, 0) is 4.79 Å². The Morgan fingerprint density at radius 2 is 2.64 bits per heavy atom. The molecule has 0 saturated carbocycles. The van der Waals surface area contributed by atoms with Crippen LogP contribution < -0.4 is 10.9 Å². The SMILES string of the molecule is NN(CC(=O)O)c1nccs1. The van der Waals surface area contributed by atoms with Crippen LogP contribution in [0, 0.1) is 0 Å². The van der Waals surface area contributed by atoms with Gasteiger partial charge in [0.25, 0.3) is 0 Å². The number of hydrazine groups is 1. The second-order valence-corrected chi connectivity index (χ2v) is 2.71. The third kappa shape index (κ3) is 2.17. The van der Waals surface area contributed by atoms with Gasteiger partial charge in [-0.2, -0.15) is 0 Å². The van der Waals surface area contributed by atoms with E-state index in [1.165, 1.54) is 11.3 Å². The quantitative estimate of drug-likeness (QED) is 0.493. The number of hydrogen-bond donors (Lipinski definition) is 2. The number of aliphatic carboxylic acids is 1. The summed E-state index contributed by atoms with van der Waals surface area (Å²) in [6.07, 6.45) is 1.57. The molecule has 0 bridgehead atoms. The Balaban J connectivity index is 2.56. The van der Waals surface area contributed by atoms with Gasteiger partial charge in [0.1, 0.15) is 6.54 Å². The predicted octanol–water partition coefficient (Wildman–Crippen LogP) is -0.0922. The van der Waals surface area contributed by atoms with E-state index in [-0.39, 0.29) is 6.54 Å². The Labute approximate surface area is 67.0 Å². The number of rotatable bonds is 3. The topological polar surface area (TPSA) is 79.5 Å². The van der Waals surface area contributed by atoms with Crippen LogP contribution in [0.15, 0.2) is 11.6 Å². The van der Waals surface area contributed by atoms with Gasteiger partial charge in [0.2, 0.25) is 0 Å². The van der Waals surface area contributed by atoms with E-state index >= 15 is 0 Å². The summed E-state index contributed by atoms with van der Waals surface area (Å²) in [5.74, 6) is 4.37. The molecule has 60 valence electrons. The van der Waals surface area contributed by atoms with Crippen LogP contribution in [0.25, 0.3) is 0 Å². The summed E-state index contributed by atoms with van der Waals surface area (Å²) in [6, 6.07) is 0. The maximum Gasteiger partial charge on any atom is 0.324 e. The Bertz CT molecular complexity index is 236. The second kappa shape index (κ2) is 3.31. The minimum absolute atomic E-state index is 0.229. The normalized spacial score (nSPS) is 9.55. The number of thiazole rings is 1. The molecule has 1 heterocycles. The Morgan fingerprint density at radius 1 is 1.91 bits per heavy atom. The zero-order chi connectivity index (χ0) is 8.27. The number of nitrogens with zero attached hydrogens (tertiary/aromatic N) is 2. The van der Waals surface area contributed by atoms with E-state index in [2.05, 4.69) is 4.98 Å². The third-order valence-corrected chi connectivity index (χ3v) is 1.78. The van der Waals surface area contributed by atoms with Crippen molar-refractivity contribution in [1.82, 2.24) is 4.98 Å². The van der Waals surface area contributed by atoms with Crippen molar-refractivity contribution in [2.45, 2.75) is 0 Å². The molecule has 0 aliphatic carbocycles. The molecule has 0 fully saturated rings. The number of hydrogen-bond acceptors (Lipinski definition) is 5. The molecule has 0 unspecified atom stereocenters. The molecule has 0 spiro atoms. The van der Waals surface area contributed by atoms with Crippen LogP contribution in [-0.4, -0.2) is 22.6 Å². The predicted molar refractivity (Wildman–Crippen MR) is 41.3 cm³/mol. The minimum Gasteiger partial charge on any atom is -0.480 e. The fourth-order valence-electron chi connectivity index (χ4n) is 0.571. The zero-order valence-electron chi connectivity index (χ0n) is 5.60. The highest BCUT2D eigenvalue weighted by Gasteiger charge is 2.07. The fraction of sp³-hybridized carbons (Fsp3) is 0.200. The van der Waals surface area contributed by atoms with Crippen molar-refractivity contribution in [2.24, 2.45) is 5.84 Å². The first-order valence-corrected chi connectivity index (χ1v) is 3.71. The van der Waals surface area contributed by atoms with Crippen LogP contribution in [0.3, 0.4) is 0 Å². The summed E-state index contributed by atoms with van der Waals surface area (Å²) >= 11 is 1.30. The number of carboxylic acids is 1. The molecule has 0 aliphatic heterocycles. The Kier molecular flexibility index (Phi) is 2.40. The third-order valence-electron chi connectivity index (χ3n) is 0.971. The van der Waals surface area contributed by atoms with E-state index in [1.54, 1.807) is 11.6 Å². The average Bonchev–Trinajstić information content (AvgIpc) is 2.35. The number of carboxylic acid groups (broad SMARTS) is 1. The lowest BCUT2D eigenvalue weighted by molar-refractivity contribution is -0.135. The van der Waals surface area contributed by atoms with Crippen LogP contribution in [0.2, 0.25) is 0 Å². The summed E-state index contributed by atoms with van der Waals surface area (Å²) in [4.78, 5) is 14.0. The van der Waals surface area contributed by atoms with E-state index in [4.69, 9.17) is 10.9 Å². The van der Waals surface area contributed by atoms with Crippen molar-refractivity contribution in [3.63, 3.8) is 0 Å². The molecule has 0 radical (unpaired) electrons. The molecule has 0 amide bonds. The molecule has 0 atom stereocenters. The summed E-state index contributed by atoms with van der Waals surface area (Å²) < 4.78 is 0. The van der Waals surface area contributed by atoms with Gasteiger partial charge in [-0.3, -0.25) is 9.80 Å². The molecule has 1 aromatic rings. The van der Waals surface area contributed by atoms with Crippen molar-refractivity contribution in [3.05, 3.63) is 11.6 Å². The van der Waals surface area contributed by atoms with Crippen LogP contribution in [0.4, 0.5) is 5.13 Å². The second-order valence-electron chi connectivity index (χ2n) is 1.84. The van der Waals surface area contributed by atoms with Gasteiger partial charge in [0.05, 0.1) is 0 Å². The van der Waals surface area contributed by atoms with E-state index in [0.717, 1.165) is 5.01 Å². The summed E-state index contributed by atoms with van der Waals surface area (Å²) in [6.45, 7) is -0.229. The fourth-order valence-corrected chi connectivity index (χ4v) is 1.14. The minimum atomic E-state index is -0.970. The van der Waals surface area contributed by atoms with Gasteiger partial charge in [-0.05, 0) is 0 Å². The number of anilines is 1. The van der Waals surface area contributed by atoms with Crippen LogP contribution in [0.1, 0.15) is 0 Å². The molecular weight excluding hydrogens is 166 g/mol. The van der Waals surface area contributed by atoms with Gasteiger partial charge in [0, 0.05) is 11.6 Å². The van der Waals surface area contributed by atoms with Crippen molar-refractivity contribution < 1.29 is 9.90 Å². The lowest BCUT2D eigenvalue weighted by Crippen LogP contribution is -2.35. The Hall–Kier alpha value is -1.14. The van der Waals surface area contributed by atoms with Crippen molar-refractivity contribution in [2.75, 3.05) is 11.6 Å². The lowest BCUT2D eigenvalue weighted by Gasteiger charge is -2.10. The smallest absolute Gasteiger partial charge is 0.324 e. The zero-order valence-corrected chi connectivity index (χ0v) is 6.41. The van der Waals surface area contributed by atoms with Gasteiger partial charge < -0.3 is 5.11 Å². The van der Waals surface area contributed by atoms with Gasteiger partial charge >= 0.3 is 5.97 Å². The molecule has 5 nitrogen and oxygen atoms in total. The standard InChI is InChI=1S/C5H7N3O2S/c6-8(3-4(9)10)5-7-1-2-11-5/h1-2H,3,6H2,(H,9,10). The number of nitrogens with two attached hydrogens (primary N) is 1. The Morgan fingerprint density at radius 3 is 3.09 bits per heavy atom. The number of aromatic nitrogens is 1. The molecule has 1 aromatic heterocycles. The molecule has 0 aromatic carbocycles. The van der Waals surface area contributed by atoms with Gasteiger partial charge in [-0.1, -0.05) is 0 Å². The monoisotopic (exact) mass is 173 g/mol. The first kappa shape index (κ1) is 7.96. The molecule has 0 saturated heterocycles. The van der Waals surface area contributed by atoms with Gasteiger partial charge in [0.15, 0.2) is 5.13 Å². The summed E-state index contributed by atoms with van der Waals surface area (Å²) in [5.41, 5.74) is 0. The molecule has 1 rings (SSSR count). The highest BCUT2D eigenvalue weighted by atomic mass is 32.1. The largest absolute Gasteiger partial charge is 0.480 e. The first-order valence-electron chi connectivity index (χ1n) is 2.83. The summed E-state index contributed by atoms with van der Waals surface area (Å²) in [7, 11) is 0. The van der Waals surface area contributed by atoms with Gasteiger partial charge in [-0.15, -0.1) is 11.3 Å². The maximum absolute atomic E-state index is 10.2. The maximum atomic E-state index is 10.2. The lowest BCUT2D eigenvalue weighted by atomic mass is 10.6. The van der Waals surface area contributed by atoms with E-state index in [0.29, 0.717) is 5.13 Å². The van der Waals surface area contributed by atoms with E-state index in [1.807, 2.05) is 0 Å². The van der Waals surface area contributed by atoms with Crippen molar-refractivity contribution in [1.29, 1.82) is 0 Å². The van der Waals surface area contributed by atoms with E-state index < -0.39 is 5.97 Å². The van der Waals surface area contributed by atoms with Crippen molar-refractivity contribution in [3.8, 4) is 0 Å². The highest BCUT2D eigenvalue weighted by molar-refractivity contribution is 7.13. The summed E-state index contributed by atoms with van der Waals surface area (Å²) in [5, 5.41) is 11.7. The molecule has 6 heteroatoms. The van der Waals surface area contributed by atoms with Gasteiger partial charge in [-0.25, -0.2) is 10.8 Å². The molecule has 11 heavy (non-hydrogen) atoms. The van der Waals surface area contributed by atoms with E-state index in [9.17, 15) is 4.79 Å². The van der Waals surface area contributed by atoms with Crippen LogP contribution in [0.5, 0.6) is 0 Å². The number of carbonyl (C=O) groups is 1.